The molecule has 0 radical (unpaired) electrons. The van der Waals surface area contributed by atoms with E-state index in [4.69, 9.17) is 5.73 Å². The fourth-order valence-corrected chi connectivity index (χ4v) is 1.10. The van der Waals surface area contributed by atoms with Gasteiger partial charge in [0.05, 0.1) is 5.56 Å². The number of carbonyl (C=O) groups is 2. The first-order valence-electron chi connectivity index (χ1n) is 4.68. The van der Waals surface area contributed by atoms with Crippen LogP contribution in [0.2, 0.25) is 0 Å². The second-order valence-corrected chi connectivity index (χ2v) is 3.09. The number of carbonyl (C=O) groups excluding carboxylic acids is 2. The minimum absolute atomic E-state index is 0.381. The van der Waals surface area contributed by atoms with E-state index in [0.29, 0.717) is 5.56 Å². The van der Waals surface area contributed by atoms with Crippen LogP contribution in [0.15, 0.2) is 24.3 Å². The molecule has 1 amide bonds. The van der Waals surface area contributed by atoms with E-state index in [-0.39, 0.29) is 6.61 Å². The molecule has 1 aromatic carbocycles. The Kier molecular flexibility index (Phi) is 3.85. The first kappa shape index (κ1) is 11.2. The van der Waals surface area contributed by atoms with Gasteiger partial charge in [-0.3, -0.25) is 4.79 Å². The van der Waals surface area contributed by atoms with Crippen LogP contribution in [0.1, 0.15) is 22.8 Å². The summed E-state index contributed by atoms with van der Waals surface area (Å²) in [6.45, 7) is 1.65. The number of esters is 1. The van der Waals surface area contributed by atoms with E-state index in [9.17, 15) is 9.59 Å². The zero-order valence-electron chi connectivity index (χ0n) is 8.53. The van der Waals surface area contributed by atoms with Crippen LogP contribution in [0, 0.1) is 0 Å². The lowest BCUT2D eigenvalue weighted by Gasteiger charge is -2.02. The molecule has 0 fully saturated rings. The van der Waals surface area contributed by atoms with Crippen LogP contribution in [0.3, 0.4) is 0 Å². The fourth-order valence-electron chi connectivity index (χ4n) is 1.10. The van der Waals surface area contributed by atoms with Gasteiger partial charge in [0.15, 0.2) is 6.61 Å². The summed E-state index contributed by atoms with van der Waals surface area (Å²) in [6.07, 6.45) is 0.913. The van der Waals surface area contributed by atoms with E-state index >= 15 is 0 Å². The van der Waals surface area contributed by atoms with Gasteiger partial charge >= 0.3 is 5.97 Å². The van der Waals surface area contributed by atoms with Gasteiger partial charge in [0.1, 0.15) is 0 Å². The van der Waals surface area contributed by atoms with E-state index in [1.54, 1.807) is 12.1 Å². The topological polar surface area (TPSA) is 69.4 Å². The average Bonchev–Trinajstić information content (AvgIpc) is 2.26. The minimum Gasteiger partial charge on any atom is -0.452 e. The molecule has 80 valence electrons. The molecule has 0 saturated carbocycles. The van der Waals surface area contributed by atoms with Gasteiger partial charge in [-0.25, -0.2) is 4.79 Å². The number of benzene rings is 1. The molecule has 0 saturated heterocycles. The zero-order valence-corrected chi connectivity index (χ0v) is 8.53. The second kappa shape index (κ2) is 5.14. The number of aryl methyl sites for hydroxylation is 1. The number of nitrogens with two attached hydrogens (primary N) is 1. The standard InChI is InChI=1S/C11H13NO3/c1-2-8-3-5-9(6-4-8)11(14)15-7-10(12)13/h3-6H,2,7H2,1H3,(H2,12,13). The fraction of sp³-hybridized carbons (Fsp3) is 0.273. The Bertz CT molecular complexity index is 357. The van der Waals surface area contributed by atoms with Crippen LogP contribution in [-0.2, 0) is 16.0 Å². The van der Waals surface area contributed by atoms with E-state index in [1.807, 2.05) is 19.1 Å². The number of ether oxygens (including phenoxy) is 1. The van der Waals surface area contributed by atoms with Crippen LogP contribution in [-0.4, -0.2) is 18.5 Å². The Morgan fingerprint density at radius 3 is 2.33 bits per heavy atom. The largest absolute Gasteiger partial charge is 0.452 e. The van der Waals surface area contributed by atoms with Crippen molar-refractivity contribution in [3.63, 3.8) is 0 Å². The lowest BCUT2D eigenvalue weighted by Crippen LogP contribution is -2.20. The highest BCUT2D eigenvalue weighted by molar-refractivity contribution is 5.91. The maximum Gasteiger partial charge on any atom is 0.338 e. The van der Waals surface area contributed by atoms with Crippen LogP contribution >= 0.6 is 0 Å². The summed E-state index contributed by atoms with van der Waals surface area (Å²) in [5.41, 5.74) is 6.41. The van der Waals surface area contributed by atoms with Crippen LogP contribution < -0.4 is 5.73 Å². The molecular weight excluding hydrogens is 194 g/mol. The zero-order chi connectivity index (χ0) is 11.3. The summed E-state index contributed by atoms with van der Waals surface area (Å²) in [5, 5.41) is 0. The van der Waals surface area contributed by atoms with Gasteiger partial charge in [-0.15, -0.1) is 0 Å². The van der Waals surface area contributed by atoms with Crippen molar-refractivity contribution in [3.8, 4) is 0 Å². The highest BCUT2D eigenvalue weighted by atomic mass is 16.5. The monoisotopic (exact) mass is 207 g/mol. The smallest absolute Gasteiger partial charge is 0.338 e. The van der Waals surface area contributed by atoms with Crippen LogP contribution in [0.4, 0.5) is 0 Å². The predicted molar refractivity (Wildman–Crippen MR) is 55.3 cm³/mol. The third-order valence-corrected chi connectivity index (χ3v) is 1.94. The second-order valence-electron chi connectivity index (χ2n) is 3.09. The molecule has 4 nitrogen and oxygen atoms in total. The molecule has 15 heavy (non-hydrogen) atoms. The Labute approximate surface area is 88.0 Å². The minimum atomic E-state index is -0.659. The Hall–Kier alpha value is -1.84. The van der Waals surface area contributed by atoms with E-state index in [1.165, 1.54) is 0 Å². The van der Waals surface area contributed by atoms with Gasteiger partial charge in [-0.1, -0.05) is 19.1 Å². The van der Waals surface area contributed by atoms with Crippen molar-refractivity contribution in [2.75, 3.05) is 6.61 Å². The summed E-state index contributed by atoms with van der Waals surface area (Å²) < 4.78 is 4.65. The molecule has 1 rings (SSSR count). The van der Waals surface area contributed by atoms with Gasteiger partial charge in [0.2, 0.25) is 0 Å². The van der Waals surface area contributed by atoms with Crippen molar-refractivity contribution in [2.45, 2.75) is 13.3 Å². The summed E-state index contributed by atoms with van der Waals surface area (Å²) in [7, 11) is 0. The molecule has 0 aliphatic rings. The highest BCUT2D eigenvalue weighted by Crippen LogP contribution is 2.06. The van der Waals surface area contributed by atoms with Gasteiger partial charge in [-0.2, -0.15) is 0 Å². The van der Waals surface area contributed by atoms with Crippen molar-refractivity contribution < 1.29 is 14.3 Å². The molecular formula is C11H13NO3. The first-order chi connectivity index (χ1) is 7.13. The molecule has 0 heterocycles. The van der Waals surface area contributed by atoms with Crippen molar-refractivity contribution in [2.24, 2.45) is 5.73 Å². The van der Waals surface area contributed by atoms with Crippen molar-refractivity contribution in [1.82, 2.24) is 0 Å². The Balaban J connectivity index is 2.62. The normalized spacial score (nSPS) is 9.67. The Morgan fingerprint density at radius 2 is 1.87 bits per heavy atom. The van der Waals surface area contributed by atoms with Gasteiger partial charge in [0.25, 0.3) is 5.91 Å². The third kappa shape index (κ3) is 3.42. The third-order valence-electron chi connectivity index (χ3n) is 1.94. The number of rotatable bonds is 4. The number of amides is 1. The van der Waals surface area contributed by atoms with Gasteiger partial charge in [0, 0.05) is 0 Å². The predicted octanol–water partition coefficient (Wildman–Crippen LogP) is 0.891. The molecule has 0 aliphatic heterocycles. The summed E-state index contributed by atoms with van der Waals surface area (Å²) in [4.78, 5) is 21.7. The lowest BCUT2D eigenvalue weighted by molar-refractivity contribution is -0.121. The molecule has 4 heteroatoms. The summed E-state index contributed by atoms with van der Waals surface area (Å²) in [6, 6.07) is 7.03. The van der Waals surface area contributed by atoms with Crippen LogP contribution in [0.5, 0.6) is 0 Å². The lowest BCUT2D eigenvalue weighted by atomic mass is 10.1. The molecule has 0 bridgehead atoms. The van der Waals surface area contributed by atoms with Crippen LogP contribution in [0.25, 0.3) is 0 Å². The molecule has 0 aromatic heterocycles. The Morgan fingerprint density at radius 1 is 1.27 bits per heavy atom. The molecule has 0 aliphatic carbocycles. The molecule has 2 N–H and O–H groups in total. The maximum atomic E-state index is 11.3. The first-order valence-corrected chi connectivity index (χ1v) is 4.68. The summed E-state index contributed by atoms with van der Waals surface area (Å²) in [5.74, 6) is -1.19. The SMILES string of the molecule is CCc1ccc(C(=O)OCC(N)=O)cc1. The quantitative estimate of drug-likeness (QED) is 0.745. The average molecular weight is 207 g/mol. The highest BCUT2D eigenvalue weighted by Gasteiger charge is 2.07. The van der Waals surface area contributed by atoms with E-state index < -0.39 is 11.9 Å². The van der Waals surface area contributed by atoms with Gasteiger partial charge < -0.3 is 10.5 Å². The van der Waals surface area contributed by atoms with Crippen molar-refractivity contribution in [1.29, 1.82) is 0 Å². The molecule has 0 atom stereocenters. The number of hydrogen-bond acceptors (Lipinski definition) is 3. The number of primary amides is 1. The molecule has 0 unspecified atom stereocenters. The van der Waals surface area contributed by atoms with E-state index in [0.717, 1.165) is 12.0 Å². The van der Waals surface area contributed by atoms with Crippen molar-refractivity contribution in [3.05, 3.63) is 35.4 Å². The maximum absolute atomic E-state index is 11.3. The van der Waals surface area contributed by atoms with Crippen molar-refractivity contribution >= 4 is 11.9 Å². The van der Waals surface area contributed by atoms with Gasteiger partial charge in [-0.05, 0) is 24.1 Å². The van der Waals surface area contributed by atoms with E-state index in [2.05, 4.69) is 4.74 Å². The summed E-state index contributed by atoms with van der Waals surface area (Å²) >= 11 is 0. The molecule has 0 spiro atoms. The molecule has 1 aromatic rings. The number of hydrogen-bond donors (Lipinski definition) is 1.